The van der Waals surface area contributed by atoms with Gasteiger partial charge in [-0.1, -0.05) is 54.1 Å². The highest BCUT2D eigenvalue weighted by molar-refractivity contribution is 6.30. The summed E-state index contributed by atoms with van der Waals surface area (Å²) in [5.41, 5.74) is 5.30. The maximum Gasteiger partial charge on any atom is 0.280 e. The molecule has 39 heavy (non-hydrogen) atoms. The summed E-state index contributed by atoms with van der Waals surface area (Å²) in [5.74, 6) is 2.02. The fraction of sp³-hybridized carbons (Fsp3) is 0.161. The van der Waals surface area contributed by atoms with Gasteiger partial charge in [0, 0.05) is 5.02 Å². The third kappa shape index (κ3) is 8.51. The van der Waals surface area contributed by atoms with Gasteiger partial charge in [-0.25, -0.2) is 5.43 Å². The van der Waals surface area contributed by atoms with Crippen molar-refractivity contribution in [2.75, 3.05) is 7.11 Å². The Bertz CT molecular complexity index is 1380. The molecule has 1 amide bonds. The van der Waals surface area contributed by atoms with Gasteiger partial charge in [0.05, 0.1) is 13.3 Å². The summed E-state index contributed by atoms with van der Waals surface area (Å²) >= 11 is 5.93. The molecule has 0 saturated heterocycles. The number of ether oxygens (including phenoxy) is 4. The number of amides is 1. The molecule has 1 atom stereocenters. The number of nitrogens with one attached hydrogen (secondary N) is 1. The van der Waals surface area contributed by atoms with Gasteiger partial charge in [0.2, 0.25) is 0 Å². The quantitative estimate of drug-likeness (QED) is 0.164. The molecule has 0 bridgehead atoms. The van der Waals surface area contributed by atoms with Gasteiger partial charge >= 0.3 is 0 Å². The number of halogens is 1. The number of hydrazone groups is 1. The molecular weight excluding hydrogens is 516 g/mol. The zero-order chi connectivity index (χ0) is 27.5. The van der Waals surface area contributed by atoms with Gasteiger partial charge in [-0.05, 0) is 78.2 Å². The molecule has 8 heteroatoms. The highest BCUT2D eigenvalue weighted by atomic mass is 35.5. The molecule has 7 nitrogen and oxygen atoms in total. The lowest BCUT2D eigenvalue weighted by Gasteiger charge is -2.14. The molecule has 1 N–H and O–H groups in total. The molecule has 0 heterocycles. The summed E-state index contributed by atoms with van der Waals surface area (Å²) in [4.78, 5) is 12.5. The standard InChI is InChI=1S/C31H29ClN2O5/c1-22(39-28-15-13-27(14-16-28)37-20-23-6-4-3-5-7-23)31(35)34-33-19-25-10-17-29(30(18-25)36-2)38-21-24-8-11-26(32)12-9-24/h3-19,22H,20-21H2,1-2H3,(H,34,35). The van der Waals surface area contributed by atoms with Crippen molar-refractivity contribution in [3.8, 4) is 23.0 Å². The number of hydrogen-bond acceptors (Lipinski definition) is 6. The van der Waals surface area contributed by atoms with Crippen molar-refractivity contribution >= 4 is 23.7 Å². The Balaban J connectivity index is 1.24. The van der Waals surface area contributed by atoms with Crippen LogP contribution in [-0.4, -0.2) is 25.3 Å². The minimum absolute atomic E-state index is 0.373. The van der Waals surface area contributed by atoms with Crippen LogP contribution in [0.25, 0.3) is 0 Å². The first-order valence-corrected chi connectivity index (χ1v) is 12.7. The van der Waals surface area contributed by atoms with Gasteiger partial charge < -0.3 is 18.9 Å². The lowest BCUT2D eigenvalue weighted by molar-refractivity contribution is -0.127. The van der Waals surface area contributed by atoms with E-state index in [0.29, 0.717) is 41.2 Å². The topological polar surface area (TPSA) is 78.4 Å². The normalized spacial score (nSPS) is 11.6. The smallest absolute Gasteiger partial charge is 0.280 e. The molecule has 4 rings (SSSR count). The second-order valence-corrected chi connectivity index (χ2v) is 9.00. The van der Waals surface area contributed by atoms with Crippen LogP contribution >= 0.6 is 11.6 Å². The third-order valence-corrected chi connectivity index (χ3v) is 5.89. The van der Waals surface area contributed by atoms with Gasteiger partial charge in [0.15, 0.2) is 17.6 Å². The van der Waals surface area contributed by atoms with E-state index in [1.165, 1.54) is 6.21 Å². The predicted octanol–water partition coefficient (Wildman–Crippen LogP) is 6.42. The van der Waals surface area contributed by atoms with E-state index in [1.54, 1.807) is 50.4 Å². The summed E-state index contributed by atoms with van der Waals surface area (Å²) in [6.07, 6.45) is 0.769. The van der Waals surface area contributed by atoms with Crippen LogP contribution in [0.1, 0.15) is 23.6 Å². The van der Waals surface area contributed by atoms with Crippen molar-refractivity contribution in [3.63, 3.8) is 0 Å². The summed E-state index contributed by atoms with van der Waals surface area (Å²) < 4.78 is 22.8. The molecule has 4 aromatic carbocycles. The number of hydrogen-bond donors (Lipinski definition) is 1. The van der Waals surface area contributed by atoms with Crippen molar-refractivity contribution in [2.45, 2.75) is 26.2 Å². The molecule has 0 aliphatic heterocycles. The van der Waals surface area contributed by atoms with Crippen molar-refractivity contribution < 1.29 is 23.7 Å². The first kappa shape index (κ1) is 27.5. The fourth-order valence-electron chi connectivity index (χ4n) is 3.50. The molecule has 4 aromatic rings. The zero-order valence-electron chi connectivity index (χ0n) is 21.7. The zero-order valence-corrected chi connectivity index (χ0v) is 22.4. The van der Waals surface area contributed by atoms with E-state index in [-0.39, 0.29) is 5.91 Å². The van der Waals surface area contributed by atoms with Crippen LogP contribution < -0.4 is 24.4 Å². The number of rotatable bonds is 12. The predicted molar refractivity (Wildman–Crippen MR) is 152 cm³/mol. The second-order valence-electron chi connectivity index (χ2n) is 8.57. The SMILES string of the molecule is COc1cc(C=NNC(=O)C(C)Oc2ccc(OCc3ccccc3)cc2)ccc1OCc1ccc(Cl)cc1. The maximum atomic E-state index is 12.5. The van der Waals surface area contributed by atoms with E-state index in [9.17, 15) is 4.79 Å². The number of carbonyl (C=O) groups is 1. The Hall–Kier alpha value is -4.49. The van der Waals surface area contributed by atoms with Gasteiger partial charge in [0.1, 0.15) is 24.7 Å². The van der Waals surface area contributed by atoms with Crippen molar-refractivity contribution in [1.29, 1.82) is 0 Å². The lowest BCUT2D eigenvalue weighted by Crippen LogP contribution is -2.33. The van der Waals surface area contributed by atoms with E-state index in [4.69, 9.17) is 30.5 Å². The number of nitrogens with zero attached hydrogens (tertiary/aromatic N) is 1. The molecular formula is C31H29ClN2O5. The minimum atomic E-state index is -0.753. The van der Waals surface area contributed by atoms with E-state index in [0.717, 1.165) is 16.7 Å². The number of carbonyl (C=O) groups excluding carboxylic acids is 1. The van der Waals surface area contributed by atoms with Crippen LogP contribution in [0.4, 0.5) is 0 Å². The van der Waals surface area contributed by atoms with Crippen LogP contribution in [0.15, 0.2) is 102 Å². The van der Waals surface area contributed by atoms with Crippen molar-refractivity contribution in [1.82, 2.24) is 5.43 Å². The Kier molecular flexibility index (Phi) is 9.80. The van der Waals surface area contributed by atoms with Gasteiger partial charge in [-0.2, -0.15) is 5.10 Å². The molecule has 0 saturated carbocycles. The number of methoxy groups -OCH3 is 1. The van der Waals surface area contributed by atoms with E-state index < -0.39 is 6.10 Å². The molecule has 200 valence electrons. The highest BCUT2D eigenvalue weighted by Crippen LogP contribution is 2.28. The molecule has 0 fully saturated rings. The van der Waals surface area contributed by atoms with E-state index in [1.807, 2.05) is 60.7 Å². The Morgan fingerprint density at radius 1 is 0.846 bits per heavy atom. The van der Waals surface area contributed by atoms with Gasteiger partial charge in [-0.15, -0.1) is 0 Å². The van der Waals surface area contributed by atoms with Crippen LogP contribution in [0.3, 0.4) is 0 Å². The molecule has 0 aliphatic rings. The fourth-order valence-corrected chi connectivity index (χ4v) is 3.63. The van der Waals surface area contributed by atoms with Crippen LogP contribution in [0, 0.1) is 0 Å². The van der Waals surface area contributed by atoms with Gasteiger partial charge in [0.25, 0.3) is 5.91 Å². The van der Waals surface area contributed by atoms with Crippen molar-refractivity contribution in [2.24, 2.45) is 5.10 Å². The molecule has 0 spiro atoms. The first-order chi connectivity index (χ1) is 19.0. The van der Waals surface area contributed by atoms with Crippen LogP contribution in [-0.2, 0) is 18.0 Å². The largest absolute Gasteiger partial charge is 0.493 e. The average molecular weight is 545 g/mol. The Morgan fingerprint density at radius 2 is 1.51 bits per heavy atom. The Labute approximate surface area is 232 Å². The van der Waals surface area contributed by atoms with Gasteiger partial charge in [-0.3, -0.25) is 4.79 Å². The molecule has 1 unspecified atom stereocenters. The van der Waals surface area contributed by atoms with Crippen molar-refractivity contribution in [3.05, 3.63) is 119 Å². The lowest BCUT2D eigenvalue weighted by atomic mass is 10.2. The first-order valence-electron chi connectivity index (χ1n) is 12.3. The number of benzene rings is 4. The summed E-state index contributed by atoms with van der Waals surface area (Å²) in [6, 6.07) is 29.9. The maximum absolute atomic E-state index is 12.5. The van der Waals surface area contributed by atoms with Crippen LogP contribution in [0.2, 0.25) is 5.02 Å². The minimum Gasteiger partial charge on any atom is -0.493 e. The highest BCUT2D eigenvalue weighted by Gasteiger charge is 2.14. The third-order valence-electron chi connectivity index (χ3n) is 5.64. The Morgan fingerprint density at radius 3 is 2.23 bits per heavy atom. The summed E-state index contributed by atoms with van der Waals surface area (Å²) in [7, 11) is 1.56. The monoisotopic (exact) mass is 544 g/mol. The van der Waals surface area contributed by atoms with Crippen LogP contribution in [0.5, 0.6) is 23.0 Å². The molecule has 0 radical (unpaired) electrons. The average Bonchev–Trinajstić information content (AvgIpc) is 2.97. The van der Waals surface area contributed by atoms with E-state index >= 15 is 0 Å². The summed E-state index contributed by atoms with van der Waals surface area (Å²) in [5, 5.41) is 4.72. The summed E-state index contributed by atoms with van der Waals surface area (Å²) in [6.45, 7) is 2.50. The molecule has 0 aromatic heterocycles. The second kappa shape index (κ2) is 13.9. The molecule has 0 aliphatic carbocycles. The van der Waals surface area contributed by atoms with E-state index in [2.05, 4.69) is 10.5 Å².